The molecule has 0 radical (unpaired) electrons. The maximum absolute atomic E-state index is 4.17. The van der Waals surface area contributed by atoms with Crippen molar-refractivity contribution in [2.24, 2.45) is 5.92 Å². The molecule has 0 bridgehead atoms. The monoisotopic (exact) mass is 207 g/mol. The molecule has 3 heteroatoms. The van der Waals surface area contributed by atoms with E-state index < -0.39 is 0 Å². The second-order valence-corrected chi connectivity index (χ2v) is 4.86. The number of piperidine rings is 1. The van der Waals surface area contributed by atoms with Crippen LogP contribution in [-0.2, 0) is 6.42 Å². The van der Waals surface area contributed by atoms with Crippen LogP contribution in [0.25, 0.3) is 0 Å². The van der Waals surface area contributed by atoms with Gasteiger partial charge in [0.25, 0.3) is 0 Å². The Morgan fingerprint density at radius 3 is 2.80 bits per heavy atom. The molecule has 1 aliphatic heterocycles. The molecular formula is C12H21N3. The first-order valence-electron chi connectivity index (χ1n) is 6.00. The van der Waals surface area contributed by atoms with E-state index in [2.05, 4.69) is 29.4 Å². The molecule has 1 aromatic heterocycles. The fourth-order valence-corrected chi connectivity index (χ4v) is 2.36. The lowest BCUT2D eigenvalue weighted by atomic mass is 9.90. The average Bonchev–Trinajstić information content (AvgIpc) is 2.67. The number of hydrogen-bond donors (Lipinski definition) is 2. The van der Waals surface area contributed by atoms with E-state index in [-0.39, 0.29) is 0 Å². The van der Waals surface area contributed by atoms with E-state index >= 15 is 0 Å². The number of H-pyrrole nitrogens is 1. The Kier molecular flexibility index (Phi) is 3.41. The van der Waals surface area contributed by atoms with Crippen molar-refractivity contribution in [3.8, 4) is 0 Å². The highest BCUT2D eigenvalue weighted by Gasteiger charge is 2.17. The van der Waals surface area contributed by atoms with E-state index in [1.165, 1.54) is 43.6 Å². The lowest BCUT2D eigenvalue weighted by molar-refractivity contribution is 0.369. The average molecular weight is 207 g/mol. The first kappa shape index (κ1) is 10.7. The minimum absolute atomic E-state index is 0.584. The zero-order valence-electron chi connectivity index (χ0n) is 9.71. The molecular weight excluding hydrogens is 186 g/mol. The Morgan fingerprint density at radius 1 is 1.40 bits per heavy atom. The van der Waals surface area contributed by atoms with Crippen molar-refractivity contribution in [3.05, 3.63) is 17.5 Å². The van der Waals surface area contributed by atoms with Gasteiger partial charge >= 0.3 is 0 Å². The van der Waals surface area contributed by atoms with E-state index in [1.807, 2.05) is 6.20 Å². The normalized spacial score (nSPS) is 18.6. The number of aromatic amines is 1. The number of hydrogen-bond acceptors (Lipinski definition) is 2. The molecule has 0 atom stereocenters. The zero-order chi connectivity index (χ0) is 10.7. The van der Waals surface area contributed by atoms with Crippen molar-refractivity contribution < 1.29 is 0 Å². The van der Waals surface area contributed by atoms with Crippen molar-refractivity contribution in [3.63, 3.8) is 0 Å². The molecule has 0 saturated carbocycles. The molecule has 15 heavy (non-hydrogen) atoms. The number of rotatable bonds is 3. The minimum atomic E-state index is 0.584. The van der Waals surface area contributed by atoms with Crippen molar-refractivity contribution in [2.45, 2.75) is 39.0 Å². The van der Waals surface area contributed by atoms with Gasteiger partial charge in [-0.1, -0.05) is 13.8 Å². The number of nitrogens with zero attached hydrogens (tertiary/aromatic N) is 1. The Hall–Kier alpha value is -0.830. The first-order valence-corrected chi connectivity index (χ1v) is 6.00. The minimum Gasteiger partial charge on any atom is -0.317 e. The van der Waals surface area contributed by atoms with Gasteiger partial charge in [-0.2, -0.15) is 5.10 Å². The highest BCUT2D eigenvalue weighted by Crippen LogP contribution is 2.23. The second-order valence-electron chi connectivity index (χ2n) is 4.86. The fraction of sp³-hybridized carbons (Fsp3) is 0.750. The van der Waals surface area contributed by atoms with E-state index in [9.17, 15) is 0 Å². The third-order valence-electron chi connectivity index (χ3n) is 3.33. The molecule has 2 N–H and O–H groups in total. The summed E-state index contributed by atoms with van der Waals surface area (Å²) in [5, 5.41) is 10.7. The van der Waals surface area contributed by atoms with Crippen LogP contribution in [0.5, 0.6) is 0 Å². The van der Waals surface area contributed by atoms with Gasteiger partial charge in [-0.3, -0.25) is 5.10 Å². The summed E-state index contributed by atoms with van der Waals surface area (Å²) in [7, 11) is 0. The SMILES string of the molecule is CC(C)c1cn[nH]c1CC1CCNCC1. The third kappa shape index (κ3) is 2.59. The molecule has 1 aromatic rings. The smallest absolute Gasteiger partial charge is 0.0524 e. The summed E-state index contributed by atoms with van der Waals surface area (Å²) in [6.45, 7) is 6.82. The molecule has 84 valence electrons. The van der Waals surface area contributed by atoms with Gasteiger partial charge in [0.15, 0.2) is 0 Å². The van der Waals surface area contributed by atoms with Crippen LogP contribution in [0.2, 0.25) is 0 Å². The molecule has 0 aliphatic carbocycles. The van der Waals surface area contributed by atoms with Gasteiger partial charge in [-0.25, -0.2) is 0 Å². The Balaban J connectivity index is 1.99. The van der Waals surface area contributed by atoms with Crippen LogP contribution >= 0.6 is 0 Å². The highest BCUT2D eigenvalue weighted by atomic mass is 15.1. The van der Waals surface area contributed by atoms with Crippen LogP contribution in [-0.4, -0.2) is 23.3 Å². The van der Waals surface area contributed by atoms with Crippen LogP contribution in [0.3, 0.4) is 0 Å². The molecule has 0 amide bonds. The zero-order valence-corrected chi connectivity index (χ0v) is 9.71. The van der Waals surface area contributed by atoms with Gasteiger partial charge in [0, 0.05) is 5.69 Å². The second kappa shape index (κ2) is 4.79. The summed E-state index contributed by atoms with van der Waals surface area (Å²) in [6, 6.07) is 0. The van der Waals surface area contributed by atoms with Crippen LogP contribution in [0, 0.1) is 5.92 Å². The van der Waals surface area contributed by atoms with Gasteiger partial charge in [-0.05, 0) is 49.8 Å². The predicted octanol–water partition coefficient (Wildman–Crippen LogP) is 2.08. The standard InChI is InChI=1S/C12H21N3/c1-9(2)11-8-14-15-12(11)7-10-3-5-13-6-4-10/h8-10,13H,3-7H2,1-2H3,(H,14,15). The molecule has 1 aliphatic rings. The maximum atomic E-state index is 4.17. The van der Waals surface area contributed by atoms with E-state index in [4.69, 9.17) is 0 Å². The Bertz CT molecular complexity index is 298. The van der Waals surface area contributed by atoms with E-state index in [0.29, 0.717) is 5.92 Å². The van der Waals surface area contributed by atoms with Gasteiger partial charge < -0.3 is 5.32 Å². The van der Waals surface area contributed by atoms with Crippen LogP contribution in [0.4, 0.5) is 0 Å². The lowest BCUT2D eigenvalue weighted by Gasteiger charge is -2.22. The van der Waals surface area contributed by atoms with Gasteiger partial charge in [0.2, 0.25) is 0 Å². The van der Waals surface area contributed by atoms with Crippen molar-refractivity contribution in [2.75, 3.05) is 13.1 Å². The first-order chi connectivity index (χ1) is 7.27. The molecule has 3 nitrogen and oxygen atoms in total. The van der Waals surface area contributed by atoms with E-state index in [0.717, 1.165) is 5.92 Å². The van der Waals surface area contributed by atoms with Crippen molar-refractivity contribution >= 4 is 0 Å². The topological polar surface area (TPSA) is 40.7 Å². The van der Waals surface area contributed by atoms with Crippen molar-refractivity contribution in [1.29, 1.82) is 0 Å². The maximum Gasteiger partial charge on any atom is 0.0524 e. The summed E-state index contributed by atoms with van der Waals surface area (Å²) in [4.78, 5) is 0. The number of nitrogens with one attached hydrogen (secondary N) is 2. The highest BCUT2D eigenvalue weighted by molar-refractivity contribution is 5.20. The van der Waals surface area contributed by atoms with E-state index in [1.54, 1.807) is 0 Å². The van der Waals surface area contributed by atoms with Crippen LogP contribution in [0.1, 0.15) is 43.9 Å². The molecule has 2 rings (SSSR count). The predicted molar refractivity (Wildman–Crippen MR) is 62.0 cm³/mol. The molecule has 1 fully saturated rings. The van der Waals surface area contributed by atoms with Gasteiger partial charge in [0.05, 0.1) is 6.20 Å². The Labute approximate surface area is 91.7 Å². The quantitative estimate of drug-likeness (QED) is 0.796. The summed E-state index contributed by atoms with van der Waals surface area (Å²) < 4.78 is 0. The molecule has 0 aromatic carbocycles. The third-order valence-corrected chi connectivity index (χ3v) is 3.33. The number of aromatic nitrogens is 2. The molecule has 0 unspecified atom stereocenters. The summed E-state index contributed by atoms with van der Waals surface area (Å²) >= 11 is 0. The van der Waals surface area contributed by atoms with Gasteiger partial charge in [0.1, 0.15) is 0 Å². The lowest BCUT2D eigenvalue weighted by Crippen LogP contribution is -2.28. The summed E-state index contributed by atoms with van der Waals surface area (Å²) in [5.41, 5.74) is 2.76. The Morgan fingerprint density at radius 2 is 2.13 bits per heavy atom. The summed E-state index contributed by atoms with van der Waals surface area (Å²) in [6.07, 6.45) is 5.77. The molecule has 0 spiro atoms. The fourth-order valence-electron chi connectivity index (χ4n) is 2.36. The van der Waals surface area contributed by atoms with Crippen LogP contribution in [0.15, 0.2) is 6.20 Å². The van der Waals surface area contributed by atoms with Gasteiger partial charge in [-0.15, -0.1) is 0 Å². The van der Waals surface area contributed by atoms with Crippen LogP contribution < -0.4 is 5.32 Å². The summed E-state index contributed by atoms with van der Waals surface area (Å²) in [5.74, 6) is 1.42. The molecule has 2 heterocycles. The largest absolute Gasteiger partial charge is 0.317 e. The van der Waals surface area contributed by atoms with Crippen molar-refractivity contribution in [1.82, 2.24) is 15.5 Å². The molecule has 1 saturated heterocycles.